The Kier molecular flexibility index (Phi) is 6.67. The van der Waals surface area contributed by atoms with Gasteiger partial charge in [-0.3, -0.25) is 9.78 Å². The Morgan fingerprint density at radius 3 is 2.73 bits per heavy atom. The first-order chi connectivity index (χ1) is 15.8. The van der Waals surface area contributed by atoms with Crippen LogP contribution in [-0.2, 0) is 16.6 Å². The zero-order valence-corrected chi connectivity index (χ0v) is 20.1. The van der Waals surface area contributed by atoms with Crippen LogP contribution in [0.1, 0.15) is 48.1 Å². The predicted octanol–water partition coefficient (Wildman–Crippen LogP) is 4.84. The molecule has 0 saturated heterocycles. The van der Waals surface area contributed by atoms with Crippen molar-refractivity contribution in [1.82, 2.24) is 19.3 Å². The van der Waals surface area contributed by atoms with Crippen LogP contribution in [0.2, 0.25) is 5.02 Å². The van der Waals surface area contributed by atoms with Crippen molar-refractivity contribution in [3.05, 3.63) is 70.8 Å². The lowest BCUT2D eigenvalue weighted by molar-refractivity contribution is 0.0981. The lowest BCUT2D eigenvalue weighted by Crippen LogP contribution is -2.32. The zero-order chi connectivity index (χ0) is 23.6. The molecule has 4 rings (SSSR count). The molecule has 2 aromatic carbocycles. The minimum Gasteiger partial charge on any atom is -0.322 e. The summed E-state index contributed by atoms with van der Waals surface area (Å²) in [6.45, 7) is 4.23. The first-order valence-electron chi connectivity index (χ1n) is 10.8. The third-order valence-electron chi connectivity index (χ3n) is 5.58. The Morgan fingerprint density at radius 2 is 1.94 bits per heavy atom. The summed E-state index contributed by atoms with van der Waals surface area (Å²) in [7, 11) is -3.68. The molecule has 172 valence electrons. The number of nitrogens with zero attached hydrogens (tertiary/aromatic N) is 3. The maximum atomic E-state index is 12.7. The zero-order valence-electron chi connectivity index (χ0n) is 18.5. The van der Waals surface area contributed by atoms with Gasteiger partial charge in [-0.15, -0.1) is 0 Å². The molecule has 7 nitrogen and oxygen atoms in total. The fourth-order valence-corrected chi connectivity index (χ4v) is 5.17. The summed E-state index contributed by atoms with van der Waals surface area (Å²) in [4.78, 5) is 21.8. The van der Waals surface area contributed by atoms with Crippen molar-refractivity contribution in [1.29, 1.82) is 0 Å². The number of carbonyl (C=O) groups excluding carboxylic acids is 1. The van der Waals surface area contributed by atoms with E-state index in [0.717, 1.165) is 29.4 Å². The molecule has 1 amide bonds. The number of aryl methyl sites for hydroxylation is 1. The number of nitrogens with one attached hydrogen (secondary N) is 1. The van der Waals surface area contributed by atoms with Crippen LogP contribution >= 0.6 is 11.6 Å². The van der Waals surface area contributed by atoms with E-state index >= 15 is 0 Å². The second-order valence-electron chi connectivity index (χ2n) is 8.01. The summed E-state index contributed by atoms with van der Waals surface area (Å²) in [5.41, 5.74) is 2.34. The van der Waals surface area contributed by atoms with Crippen LogP contribution in [0.5, 0.6) is 0 Å². The third-order valence-corrected chi connectivity index (χ3v) is 7.33. The number of carbonyl (C=O) groups is 1. The number of hydrogen-bond donors (Lipinski definition) is 1. The molecule has 0 aliphatic carbocycles. The van der Waals surface area contributed by atoms with Gasteiger partial charge in [0.25, 0.3) is 5.91 Å². The van der Waals surface area contributed by atoms with E-state index in [0.29, 0.717) is 34.7 Å². The van der Waals surface area contributed by atoms with Crippen LogP contribution in [0.3, 0.4) is 0 Å². The monoisotopic (exact) mass is 484 g/mol. The van der Waals surface area contributed by atoms with E-state index < -0.39 is 15.9 Å². The number of sulfonamides is 1. The Bertz CT molecular complexity index is 1450. The van der Waals surface area contributed by atoms with Gasteiger partial charge in [0.2, 0.25) is 10.0 Å². The molecular formula is C24H25ClN4O3S. The molecule has 0 radical (unpaired) electrons. The summed E-state index contributed by atoms with van der Waals surface area (Å²) < 4.78 is 28.6. The summed E-state index contributed by atoms with van der Waals surface area (Å²) in [5, 5.41) is 2.44. The van der Waals surface area contributed by atoms with E-state index in [2.05, 4.69) is 14.7 Å². The van der Waals surface area contributed by atoms with E-state index in [1.54, 1.807) is 24.4 Å². The molecule has 0 aliphatic heterocycles. The molecule has 2 heterocycles. The molecule has 0 spiro atoms. The number of unbranched alkanes of at least 4 members (excludes halogenated alkanes) is 2. The summed E-state index contributed by atoms with van der Waals surface area (Å²) in [5.74, 6) is 0.0132. The van der Waals surface area contributed by atoms with E-state index in [1.807, 2.05) is 42.7 Å². The van der Waals surface area contributed by atoms with Crippen molar-refractivity contribution in [3.8, 4) is 0 Å². The maximum absolute atomic E-state index is 12.7. The molecule has 9 heteroatoms. The van der Waals surface area contributed by atoms with Crippen LogP contribution in [0.25, 0.3) is 21.8 Å². The lowest BCUT2D eigenvalue weighted by Gasteiger charge is -2.11. The summed E-state index contributed by atoms with van der Waals surface area (Å²) >= 11 is 6.64. The first kappa shape index (κ1) is 23.2. The van der Waals surface area contributed by atoms with Crippen molar-refractivity contribution in [2.75, 3.05) is 5.75 Å². The Labute approximate surface area is 197 Å². The number of rotatable bonds is 8. The number of aromatic nitrogens is 3. The second kappa shape index (κ2) is 9.49. The highest BCUT2D eigenvalue weighted by molar-refractivity contribution is 7.90. The molecule has 0 aliphatic rings. The fraction of sp³-hybridized carbons (Fsp3) is 0.292. The van der Waals surface area contributed by atoms with Gasteiger partial charge in [0.1, 0.15) is 5.82 Å². The minimum absolute atomic E-state index is 0.0714. The van der Waals surface area contributed by atoms with E-state index in [-0.39, 0.29) is 11.3 Å². The number of halogens is 1. The van der Waals surface area contributed by atoms with Gasteiger partial charge < -0.3 is 4.57 Å². The summed E-state index contributed by atoms with van der Waals surface area (Å²) in [6.07, 6.45) is 4.00. The minimum atomic E-state index is -3.68. The second-order valence-corrected chi connectivity index (χ2v) is 10.2. The van der Waals surface area contributed by atoms with Gasteiger partial charge in [0.05, 0.1) is 34.0 Å². The molecule has 0 atom stereocenters. The van der Waals surface area contributed by atoms with Gasteiger partial charge in [-0.1, -0.05) is 55.6 Å². The number of amides is 1. The van der Waals surface area contributed by atoms with Crippen molar-refractivity contribution in [2.45, 2.75) is 39.7 Å². The van der Waals surface area contributed by atoms with Gasteiger partial charge >= 0.3 is 0 Å². The number of benzene rings is 2. The average Bonchev–Trinajstić information content (AvgIpc) is 3.09. The highest BCUT2D eigenvalue weighted by atomic mass is 35.5. The third kappa shape index (κ3) is 5.02. The van der Waals surface area contributed by atoms with Gasteiger partial charge in [0.15, 0.2) is 0 Å². The van der Waals surface area contributed by atoms with Gasteiger partial charge in [-0.2, -0.15) is 0 Å². The topological polar surface area (TPSA) is 94.0 Å². The highest BCUT2D eigenvalue weighted by Crippen LogP contribution is 2.27. The highest BCUT2D eigenvalue weighted by Gasteiger charge is 2.18. The van der Waals surface area contributed by atoms with E-state index in [1.165, 1.54) is 0 Å². The fourth-order valence-electron chi connectivity index (χ4n) is 3.81. The van der Waals surface area contributed by atoms with E-state index in [9.17, 15) is 13.2 Å². The normalized spacial score (nSPS) is 11.8. The molecule has 0 fully saturated rings. The Hall–Kier alpha value is -2.97. The summed E-state index contributed by atoms with van der Waals surface area (Å²) in [6, 6.07) is 12.7. The van der Waals surface area contributed by atoms with Gasteiger partial charge in [-0.25, -0.2) is 18.1 Å². The molecule has 0 bridgehead atoms. The van der Waals surface area contributed by atoms with Crippen LogP contribution in [0, 0.1) is 6.92 Å². The molecule has 0 saturated carbocycles. The van der Waals surface area contributed by atoms with Crippen molar-refractivity contribution in [3.63, 3.8) is 0 Å². The molecule has 4 aromatic rings. The molecular weight excluding hydrogens is 460 g/mol. The van der Waals surface area contributed by atoms with Crippen LogP contribution in [0.15, 0.2) is 48.7 Å². The van der Waals surface area contributed by atoms with Crippen LogP contribution < -0.4 is 4.72 Å². The van der Waals surface area contributed by atoms with E-state index in [4.69, 9.17) is 11.6 Å². The molecule has 33 heavy (non-hydrogen) atoms. The van der Waals surface area contributed by atoms with Crippen LogP contribution in [-0.4, -0.2) is 34.6 Å². The smallest absolute Gasteiger partial charge is 0.264 e. The average molecular weight is 485 g/mol. The van der Waals surface area contributed by atoms with Crippen molar-refractivity contribution >= 4 is 49.3 Å². The lowest BCUT2D eigenvalue weighted by atomic mass is 10.1. The van der Waals surface area contributed by atoms with Gasteiger partial charge in [-0.05, 0) is 31.5 Å². The Morgan fingerprint density at radius 1 is 1.15 bits per heavy atom. The Balaban J connectivity index is 1.64. The molecule has 1 N–H and O–H groups in total. The molecule has 2 aromatic heterocycles. The molecule has 0 unspecified atom stereocenters. The van der Waals surface area contributed by atoms with Gasteiger partial charge in [0, 0.05) is 22.5 Å². The standard InChI is InChI=1S/C24H25ClN4O3S/c1-3-4-7-12-33(31,32)28-24(30)17-10-11-20-22(13-17)29(16(2)27-20)15-21-23(25)19-9-6-5-8-18(19)14-26-21/h5-6,8-11,13-14H,3-4,7,12,15H2,1-2H3,(H,28,30). The number of fused-ring (bicyclic) bond motifs is 2. The SMILES string of the molecule is CCCCCS(=O)(=O)NC(=O)c1ccc2nc(C)n(Cc3ncc4ccccc4c3Cl)c2c1. The van der Waals surface area contributed by atoms with Crippen LogP contribution in [0.4, 0.5) is 0 Å². The maximum Gasteiger partial charge on any atom is 0.264 e. The number of imidazole rings is 1. The predicted molar refractivity (Wildman–Crippen MR) is 131 cm³/mol. The van der Waals surface area contributed by atoms with Crippen molar-refractivity contribution < 1.29 is 13.2 Å². The number of pyridine rings is 1. The number of hydrogen-bond acceptors (Lipinski definition) is 5. The first-order valence-corrected chi connectivity index (χ1v) is 12.9. The van der Waals surface area contributed by atoms with Crippen molar-refractivity contribution in [2.24, 2.45) is 0 Å². The quantitative estimate of drug-likeness (QED) is 0.361. The largest absolute Gasteiger partial charge is 0.322 e.